The molecule has 0 saturated heterocycles. The molecule has 1 atom stereocenters. The Morgan fingerprint density at radius 1 is 1.57 bits per heavy atom. The first kappa shape index (κ1) is 17.7. The minimum atomic E-state index is -3.78. The van der Waals surface area contributed by atoms with Crippen molar-refractivity contribution in [1.29, 1.82) is 0 Å². The molecule has 0 radical (unpaired) electrons. The van der Waals surface area contributed by atoms with Crippen LogP contribution in [-0.4, -0.2) is 32.0 Å². The first-order valence-corrected chi connectivity index (χ1v) is 5.64. The van der Waals surface area contributed by atoms with E-state index in [4.69, 9.17) is 9.11 Å². The molecular weight excluding hydrogens is 235 g/mol. The Labute approximate surface area is 128 Å². The molecule has 14 heavy (non-hydrogen) atoms. The van der Waals surface area contributed by atoms with E-state index in [-0.39, 0.29) is 63.9 Å². The third kappa shape index (κ3) is 9.87. The first-order chi connectivity index (χ1) is 5.87. The number of carbonyl (C=O) groups excluding carboxylic acids is 1. The van der Waals surface area contributed by atoms with Gasteiger partial charge in [0, 0.05) is 5.75 Å². The largest absolute Gasteiger partial charge is 1.00 e. The average molecular weight is 250 g/mol. The fourth-order valence-corrected chi connectivity index (χ4v) is 0.860. The van der Waals surface area contributed by atoms with Crippen LogP contribution in [0.1, 0.15) is 20.3 Å². The van der Waals surface area contributed by atoms with Crippen LogP contribution in [0.25, 0.3) is 0 Å². The van der Waals surface area contributed by atoms with E-state index in [1.807, 2.05) is 6.92 Å². The molecule has 0 aromatic carbocycles. The molecule has 0 amide bonds. The molecule has 0 aromatic heterocycles. The number of hydrogen-bond donors (Lipinski definition) is 2. The van der Waals surface area contributed by atoms with Gasteiger partial charge in [0.1, 0.15) is 6.61 Å². The van der Waals surface area contributed by atoms with Crippen molar-refractivity contribution in [3.8, 4) is 0 Å². The zero-order valence-corrected chi connectivity index (χ0v) is 12.7. The van der Waals surface area contributed by atoms with Crippen molar-refractivity contribution < 1.29 is 74.6 Å². The predicted octanol–water partition coefficient (Wildman–Crippen LogP) is -1.54. The Bertz CT molecular complexity index is 170. The summed E-state index contributed by atoms with van der Waals surface area (Å²) in [6, 6.07) is 0. The van der Waals surface area contributed by atoms with Crippen LogP contribution in [0.4, 0.5) is 0 Å². The van der Waals surface area contributed by atoms with Gasteiger partial charge < -0.3 is 18.4 Å². The Kier molecular flexibility index (Phi) is 10.7. The fourth-order valence-electron chi connectivity index (χ4n) is 0.560. The summed E-state index contributed by atoms with van der Waals surface area (Å²) >= 11 is 0. The van der Waals surface area contributed by atoms with Crippen LogP contribution in [0.15, 0.2) is 0 Å². The first-order valence-electron chi connectivity index (χ1n) is 4.00. The molecule has 0 aromatic rings. The van der Waals surface area contributed by atoms with E-state index < -0.39 is 22.6 Å². The summed E-state index contributed by atoms with van der Waals surface area (Å²) in [6.07, 6.45) is 0.659. The van der Waals surface area contributed by atoms with Gasteiger partial charge in [-0.1, -0.05) is 24.7 Å². The van der Waals surface area contributed by atoms with Crippen molar-refractivity contribution in [1.82, 2.24) is 0 Å². The molecule has 2 N–H and O–H groups in total. The van der Waals surface area contributed by atoms with Crippen molar-refractivity contribution in [2.24, 2.45) is 5.92 Å². The molecule has 0 rings (SSSR count). The maximum absolute atomic E-state index is 11.0. The Morgan fingerprint density at radius 2 is 2.07 bits per heavy atom. The minimum Gasteiger partial charge on any atom is -0.773 e. The zero-order chi connectivity index (χ0) is 10.5. The molecular formula is C7H15KO5S. The van der Waals surface area contributed by atoms with Crippen molar-refractivity contribution in [3.05, 3.63) is 0 Å². The number of rotatable bonds is 5. The van der Waals surface area contributed by atoms with E-state index in [1.54, 1.807) is 6.92 Å². The van der Waals surface area contributed by atoms with E-state index in [9.17, 15) is 9.35 Å². The predicted molar refractivity (Wildman–Crippen MR) is 48.9 cm³/mol. The van der Waals surface area contributed by atoms with E-state index in [1.165, 1.54) is 0 Å². The summed E-state index contributed by atoms with van der Waals surface area (Å²) in [4.78, 5) is 11.0. The molecule has 1 unspecified atom stereocenters. The van der Waals surface area contributed by atoms with Crippen molar-refractivity contribution in [2.45, 2.75) is 20.3 Å². The third-order valence-corrected chi connectivity index (χ3v) is 2.31. The molecule has 0 aliphatic rings. The molecule has 0 aliphatic carbocycles. The van der Waals surface area contributed by atoms with E-state index in [0.717, 1.165) is 0 Å². The summed E-state index contributed by atoms with van der Waals surface area (Å²) in [5, 5.41) is 0. The van der Waals surface area contributed by atoms with Crippen LogP contribution >= 0.6 is 10.9 Å². The normalized spacial score (nSPS) is 14.1. The van der Waals surface area contributed by atoms with Gasteiger partial charge in [0.2, 0.25) is 0 Å². The molecule has 0 spiro atoms. The van der Waals surface area contributed by atoms with Crippen LogP contribution < -0.4 is 51.4 Å². The van der Waals surface area contributed by atoms with Crippen molar-refractivity contribution in [3.63, 3.8) is 0 Å². The Morgan fingerprint density at radius 3 is 2.43 bits per heavy atom. The van der Waals surface area contributed by atoms with Crippen LogP contribution in [0.5, 0.6) is 0 Å². The van der Waals surface area contributed by atoms with Crippen LogP contribution in [0.3, 0.4) is 0 Å². The third-order valence-electron chi connectivity index (χ3n) is 1.61. The second kappa shape index (κ2) is 8.48. The Hall–Kier alpha value is 1.34. The van der Waals surface area contributed by atoms with E-state index in [2.05, 4.69) is 4.74 Å². The summed E-state index contributed by atoms with van der Waals surface area (Å²) in [5.74, 6) is -1.06. The van der Waals surface area contributed by atoms with Crippen LogP contribution in [0.2, 0.25) is 0 Å². The smallest absolute Gasteiger partial charge is 0.773 e. The average Bonchev–Trinajstić information content (AvgIpc) is 2.00. The molecule has 5 nitrogen and oxygen atoms in total. The topological polar surface area (TPSA) is 89.8 Å². The van der Waals surface area contributed by atoms with E-state index in [0.29, 0.717) is 6.42 Å². The molecule has 0 bridgehead atoms. The van der Waals surface area contributed by atoms with Gasteiger partial charge in [0.05, 0.1) is 5.92 Å². The van der Waals surface area contributed by atoms with Gasteiger partial charge in [0.15, 0.2) is 0 Å². The van der Waals surface area contributed by atoms with Gasteiger partial charge in [-0.2, -0.15) is 0 Å². The van der Waals surface area contributed by atoms with Gasteiger partial charge in [0.25, 0.3) is 0 Å². The quantitative estimate of drug-likeness (QED) is 0.456. The standard InChI is InChI=1S/C7H16O5S.K/c1-3-6(2)7(8)12-4-5-13(9,10)11;/h6,9-11H,3-5H2,1-2H3;/q;+1/p-1. The maximum Gasteiger partial charge on any atom is 1.00 e. The molecule has 0 aliphatic heterocycles. The Balaban J connectivity index is 0. The van der Waals surface area contributed by atoms with Crippen molar-refractivity contribution in [2.75, 3.05) is 12.4 Å². The number of hydrogen-bond acceptors (Lipinski definition) is 5. The van der Waals surface area contributed by atoms with Gasteiger partial charge in [-0.3, -0.25) is 4.79 Å². The minimum absolute atomic E-state index is 0. The summed E-state index contributed by atoms with van der Waals surface area (Å²) in [5.41, 5.74) is 0. The molecule has 80 valence electrons. The maximum atomic E-state index is 11.0. The molecule has 0 saturated carbocycles. The summed E-state index contributed by atoms with van der Waals surface area (Å²) < 4.78 is 31.8. The zero-order valence-electron chi connectivity index (χ0n) is 8.73. The van der Waals surface area contributed by atoms with Gasteiger partial charge in [-0.25, -0.2) is 0 Å². The van der Waals surface area contributed by atoms with Crippen LogP contribution in [0, 0.1) is 5.92 Å². The van der Waals surface area contributed by atoms with Crippen LogP contribution in [-0.2, 0) is 9.53 Å². The van der Waals surface area contributed by atoms with E-state index >= 15 is 0 Å². The summed E-state index contributed by atoms with van der Waals surface area (Å²) in [7, 11) is -3.78. The fraction of sp³-hybridized carbons (Fsp3) is 0.857. The SMILES string of the molecule is CCC(C)C(=O)OCCS([O-])(O)O.[K+]. The van der Waals surface area contributed by atoms with Gasteiger partial charge >= 0.3 is 57.4 Å². The molecule has 0 heterocycles. The number of carbonyl (C=O) groups is 1. The number of ether oxygens (including phenoxy) is 1. The monoisotopic (exact) mass is 250 g/mol. The van der Waals surface area contributed by atoms with Gasteiger partial charge in [-0.15, -0.1) is 0 Å². The second-order valence-corrected chi connectivity index (χ2v) is 4.41. The summed E-state index contributed by atoms with van der Waals surface area (Å²) in [6.45, 7) is 3.32. The number of esters is 1. The van der Waals surface area contributed by atoms with Gasteiger partial charge in [-0.05, 0) is 6.42 Å². The molecule has 7 heteroatoms. The van der Waals surface area contributed by atoms with Crippen molar-refractivity contribution >= 4 is 16.8 Å². The molecule has 0 fully saturated rings. The second-order valence-electron chi connectivity index (χ2n) is 2.79.